The molecule has 0 saturated carbocycles. The number of amides is 1. The number of hydrogen-bond acceptors (Lipinski definition) is 4. The number of hydrogen-bond donors (Lipinski definition) is 2. The average molecular weight is 281 g/mol. The minimum absolute atomic E-state index is 0.156. The average Bonchev–Trinajstić information content (AvgIpc) is 2.45. The van der Waals surface area contributed by atoms with E-state index < -0.39 is 12.1 Å². The molecule has 1 atom stereocenters. The minimum Gasteiger partial charge on any atom is -0.480 e. The molecule has 0 heterocycles. The van der Waals surface area contributed by atoms with E-state index >= 15 is 0 Å². The van der Waals surface area contributed by atoms with E-state index in [0.29, 0.717) is 6.61 Å². The van der Waals surface area contributed by atoms with Crippen LogP contribution in [0.1, 0.15) is 12.5 Å². The molecule has 6 nitrogen and oxygen atoms in total. The van der Waals surface area contributed by atoms with Crippen molar-refractivity contribution in [3.63, 3.8) is 0 Å². The third-order valence-electron chi connectivity index (χ3n) is 2.48. The molecule has 0 bridgehead atoms. The van der Waals surface area contributed by atoms with Gasteiger partial charge in [-0.1, -0.05) is 30.3 Å². The maximum Gasteiger partial charge on any atom is 0.329 e. The largest absolute Gasteiger partial charge is 0.480 e. The van der Waals surface area contributed by atoms with E-state index in [1.54, 1.807) is 6.92 Å². The van der Waals surface area contributed by atoms with Crippen LogP contribution in [0.5, 0.6) is 0 Å². The van der Waals surface area contributed by atoms with Gasteiger partial charge in [0.2, 0.25) is 5.91 Å². The third-order valence-corrected chi connectivity index (χ3v) is 2.48. The highest BCUT2D eigenvalue weighted by Crippen LogP contribution is 2.03. The fourth-order valence-corrected chi connectivity index (χ4v) is 1.42. The van der Waals surface area contributed by atoms with Crippen LogP contribution in [0.3, 0.4) is 0 Å². The van der Waals surface area contributed by atoms with Gasteiger partial charge in [0.25, 0.3) is 0 Å². The van der Waals surface area contributed by atoms with Crippen molar-refractivity contribution in [2.45, 2.75) is 19.6 Å². The van der Waals surface area contributed by atoms with Crippen molar-refractivity contribution in [1.29, 1.82) is 0 Å². The van der Waals surface area contributed by atoms with Gasteiger partial charge in [-0.15, -0.1) is 0 Å². The Morgan fingerprint density at radius 2 is 2.00 bits per heavy atom. The maximum absolute atomic E-state index is 11.7. The van der Waals surface area contributed by atoms with Gasteiger partial charge in [0.1, 0.15) is 12.7 Å². The second-order valence-electron chi connectivity index (χ2n) is 4.18. The number of aliphatic carboxylic acids is 1. The number of carbonyl (C=O) groups is 2. The first-order chi connectivity index (χ1) is 9.59. The normalized spacial score (nSPS) is 11.8. The van der Waals surface area contributed by atoms with E-state index in [0.717, 1.165) is 5.56 Å². The van der Waals surface area contributed by atoms with Gasteiger partial charge >= 0.3 is 5.97 Å². The molecule has 0 aromatic heterocycles. The molecule has 0 aliphatic rings. The van der Waals surface area contributed by atoms with Crippen LogP contribution in [0.4, 0.5) is 0 Å². The number of rotatable bonds is 9. The zero-order valence-corrected chi connectivity index (χ0v) is 11.4. The zero-order chi connectivity index (χ0) is 14.8. The van der Waals surface area contributed by atoms with Crippen LogP contribution >= 0.6 is 0 Å². The van der Waals surface area contributed by atoms with Gasteiger partial charge in [0.05, 0.1) is 13.2 Å². The highest BCUT2D eigenvalue weighted by Gasteiger charge is 2.12. The van der Waals surface area contributed by atoms with E-state index in [1.165, 1.54) is 0 Å². The summed E-state index contributed by atoms with van der Waals surface area (Å²) in [5.41, 5.74) is 0.997. The molecule has 0 saturated heterocycles. The Hall–Kier alpha value is -1.92. The van der Waals surface area contributed by atoms with Crippen LogP contribution in [0.15, 0.2) is 30.3 Å². The number of carboxylic acid groups (broad SMARTS) is 1. The molecule has 0 aliphatic heterocycles. The van der Waals surface area contributed by atoms with Gasteiger partial charge < -0.3 is 19.9 Å². The van der Waals surface area contributed by atoms with Crippen molar-refractivity contribution in [2.24, 2.45) is 0 Å². The first-order valence-corrected chi connectivity index (χ1v) is 6.32. The molecule has 0 spiro atoms. The lowest BCUT2D eigenvalue weighted by Crippen LogP contribution is -2.36. The van der Waals surface area contributed by atoms with Crippen molar-refractivity contribution >= 4 is 11.9 Å². The Bertz CT molecular complexity index is 421. The molecule has 110 valence electrons. The molecule has 1 unspecified atom stereocenters. The Labute approximate surface area is 117 Å². The van der Waals surface area contributed by atoms with Crippen LogP contribution in [0, 0.1) is 0 Å². The van der Waals surface area contributed by atoms with Crippen LogP contribution in [-0.4, -0.2) is 42.8 Å². The van der Waals surface area contributed by atoms with Crippen molar-refractivity contribution in [2.75, 3.05) is 19.8 Å². The minimum atomic E-state index is -1.03. The standard InChI is InChI=1S/C14H19NO5/c1-11(20-9-12-5-3-2-4-6-12)14(18)15-7-8-19-10-13(16)17/h2-6,11H,7-10H2,1H3,(H,15,18)(H,16,17). The van der Waals surface area contributed by atoms with Gasteiger partial charge in [-0.25, -0.2) is 4.79 Å². The SMILES string of the molecule is CC(OCc1ccccc1)C(=O)NCCOCC(=O)O. The predicted molar refractivity (Wildman–Crippen MR) is 72.2 cm³/mol. The second kappa shape index (κ2) is 9.06. The molecule has 1 aromatic carbocycles. The third kappa shape index (κ3) is 6.86. The van der Waals surface area contributed by atoms with E-state index in [1.807, 2.05) is 30.3 Å². The fourth-order valence-electron chi connectivity index (χ4n) is 1.42. The summed E-state index contributed by atoms with van der Waals surface area (Å²) < 4.78 is 10.2. The van der Waals surface area contributed by atoms with Crippen molar-refractivity contribution in [3.05, 3.63) is 35.9 Å². The number of ether oxygens (including phenoxy) is 2. The van der Waals surface area contributed by atoms with Crippen molar-refractivity contribution in [1.82, 2.24) is 5.32 Å². The number of nitrogens with one attached hydrogen (secondary N) is 1. The first-order valence-electron chi connectivity index (χ1n) is 6.32. The van der Waals surface area contributed by atoms with Crippen molar-refractivity contribution < 1.29 is 24.2 Å². The summed E-state index contributed by atoms with van der Waals surface area (Å²) in [6.07, 6.45) is -0.574. The summed E-state index contributed by atoms with van der Waals surface area (Å²) >= 11 is 0. The van der Waals surface area contributed by atoms with Crippen LogP contribution in [0.25, 0.3) is 0 Å². The molecule has 1 rings (SSSR count). The van der Waals surface area contributed by atoms with Gasteiger partial charge in [-0.3, -0.25) is 4.79 Å². The summed E-state index contributed by atoms with van der Waals surface area (Å²) in [6.45, 7) is 2.08. The van der Waals surface area contributed by atoms with Gasteiger partial charge in [-0.05, 0) is 12.5 Å². The lowest BCUT2D eigenvalue weighted by atomic mass is 10.2. The molecule has 20 heavy (non-hydrogen) atoms. The maximum atomic E-state index is 11.7. The monoisotopic (exact) mass is 281 g/mol. The second-order valence-corrected chi connectivity index (χ2v) is 4.18. The Balaban J connectivity index is 2.14. The predicted octanol–water partition coefficient (Wildman–Crippen LogP) is 0.809. The number of benzene rings is 1. The van der Waals surface area contributed by atoms with E-state index in [4.69, 9.17) is 14.6 Å². The Morgan fingerprint density at radius 3 is 2.65 bits per heavy atom. The Kier molecular flexibility index (Phi) is 7.31. The van der Waals surface area contributed by atoms with Gasteiger partial charge in [0, 0.05) is 6.54 Å². The summed E-state index contributed by atoms with van der Waals surface area (Å²) in [5.74, 6) is -1.28. The quantitative estimate of drug-likeness (QED) is 0.654. The van der Waals surface area contributed by atoms with Crippen molar-refractivity contribution in [3.8, 4) is 0 Å². The lowest BCUT2D eigenvalue weighted by molar-refractivity contribution is -0.142. The molecular weight excluding hydrogens is 262 g/mol. The summed E-state index contributed by atoms with van der Waals surface area (Å²) in [6, 6.07) is 9.57. The van der Waals surface area contributed by atoms with E-state index in [-0.39, 0.29) is 25.7 Å². The summed E-state index contributed by atoms with van der Waals surface area (Å²) in [5, 5.41) is 11.0. The van der Waals surface area contributed by atoms with Crippen LogP contribution in [0.2, 0.25) is 0 Å². The summed E-state index contributed by atoms with van der Waals surface area (Å²) in [7, 11) is 0. The molecule has 2 N–H and O–H groups in total. The highest BCUT2D eigenvalue weighted by molar-refractivity contribution is 5.80. The highest BCUT2D eigenvalue weighted by atomic mass is 16.5. The van der Waals surface area contributed by atoms with Gasteiger partial charge in [0.15, 0.2) is 0 Å². The van der Waals surface area contributed by atoms with Crippen LogP contribution < -0.4 is 5.32 Å². The summed E-state index contributed by atoms with van der Waals surface area (Å²) in [4.78, 5) is 21.8. The molecule has 1 aromatic rings. The number of carboxylic acids is 1. The topological polar surface area (TPSA) is 84.9 Å². The zero-order valence-electron chi connectivity index (χ0n) is 11.4. The van der Waals surface area contributed by atoms with E-state index in [9.17, 15) is 9.59 Å². The van der Waals surface area contributed by atoms with Crippen LogP contribution in [-0.2, 0) is 25.7 Å². The molecule has 0 aliphatic carbocycles. The number of carbonyl (C=O) groups excluding carboxylic acids is 1. The molecular formula is C14H19NO5. The van der Waals surface area contributed by atoms with Gasteiger partial charge in [-0.2, -0.15) is 0 Å². The molecule has 6 heteroatoms. The Morgan fingerprint density at radius 1 is 1.30 bits per heavy atom. The first kappa shape index (κ1) is 16.1. The molecule has 0 fully saturated rings. The molecule has 0 radical (unpaired) electrons. The fraction of sp³-hybridized carbons (Fsp3) is 0.429. The smallest absolute Gasteiger partial charge is 0.329 e. The molecule has 1 amide bonds. The van der Waals surface area contributed by atoms with E-state index in [2.05, 4.69) is 5.32 Å². The lowest BCUT2D eigenvalue weighted by Gasteiger charge is -2.13.